The van der Waals surface area contributed by atoms with Gasteiger partial charge in [-0.15, -0.1) is 16.9 Å². The SMILES string of the molecule is CSc1ccc(-c2nnc(NC(=O)/C=C/c3ccc4c(c3)OCO4)o2)cc1. The number of nitrogens with one attached hydrogen (secondary N) is 1. The summed E-state index contributed by atoms with van der Waals surface area (Å²) in [5.74, 6) is 1.32. The van der Waals surface area contributed by atoms with Crippen LogP contribution in [-0.4, -0.2) is 29.2 Å². The third-order valence-electron chi connectivity index (χ3n) is 3.82. The van der Waals surface area contributed by atoms with Crippen molar-refractivity contribution in [2.75, 3.05) is 18.4 Å². The fourth-order valence-electron chi connectivity index (χ4n) is 2.46. The van der Waals surface area contributed by atoms with E-state index in [1.807, 2.05) is 36.6 Å². The van der Waals surface area contributed by atoms with E-state index in [0.717, 1.165) is 16.0 Å². The van der Waals surface area contributed by atoms with E-state index >= 15 is 0 Å². The van der Waals surface area contributed by atoms with Crippen molar-refractivity contribution in [3.05, 3.63) is 54.1 Å². The Morgan fingerprint density at radius 1 is 1.11 bits per heavy atom. The quantitative estimate of drug-likeness (QED) is 0.531. The van der Waals surface area contributed by atoms with Gasteiger partial charge in [-0.2, -0.15) is 0 Å². The number of nitrogens with zero attached hydrogens (tertiary/aromatic N) is 2. The molecule has 0 saturated heterocycles. The van der Waals surface area contributed by atoms with Crippen molar-refractivity contribution in [1.82, 2.24) is 10.2 Å². The minimum atomic E-state index is -0.374. The average molecular weight is 381 g/mol. The number of thioether (sulfide) groups is 1. The van der Waals surface area contributed by atoms with Crippen LogP contribution in [0.5, 0.6) is 11.5 Å². The van der Waals surface area contributed by atoms with Crippen molar-refractivity contribution >= 4 is 29.8 Å². The van der Waals surface area contributed by atoms with Gasteiger partial charge >= 0.3 is 6.01 Å². The van der Waals surface area contributed by atoms with Crippen LogP contribution in [0.1, 0.15) is 5.56 Å². The van der Waals surface area contributed by atoms with Gasteiger partial charge in [0.15, 0.2) is 11.5 Å². The lowest BCUT2D eigenvalue weighted by Gasteiger charge is -1.98. The Bertz CT molecular complexity index is 998. The van der Waals surface area contributed by atoms with Crippen molar-refractivity contribution in [3.8, 4) is 23.0 Å². The molecule has 2 aromatic carbocycles. The first-order chi connectivity index (χ1) is 13.2. The largest absolute Gasteiger partial charge is 0.454 e. The molecule has 0 saturated carbocycles. The summed E-state index contributed by atoms with van der Waals surface area (Å²) < 4.78 is 16.1. The van der Waals surface area contributed by atoms with Crippen molar-refractivity contribution in [2.24, 2.45) is 0 Å². The second-order valence-corrected chi connectivity index (χ2v) is 6.46. The molecule has 7 nitrogen and oxygen atoms in total. The van der Waals surface area contributed by atoms with Gasteiger partial charge in [0.05, 0.1) is 0 Å². The molecule has 0 bridgehead atoms. The Morgan fingerprint density at radius 2 is 1.93 bits per heavy atom. The van der Waals surface area contributed by atoms with E-state index < -0.39 is 0 Å². The van der Waals surface area contributed by atoms with Crippen LogP contribution < -0.4 is 14.8 Å². The normalized spacial score (nSPS) is 12.5. The first-order valence-corrected chi connectivity index (χ1v) is 9.30. The monoisotopic (exact) mass is 381 g/mol. The fraction of sp³-hybridized carbons (Fsp3) is 0.105. The van der Waals surface area contributed by atoms with Crippen LogP contribution in [0.15, 0.2) is 57.9 Å². The molecule has 0 aliphatic carbocycles. The predicted molar refractivity (Wildman–Crippen MR) is 102 cm³/mol. The van der Waals surface area contributed by atoms with Gasteiger partial charge in [0.1, 0.15) is 0 Å². The van der Waals surface area contributed by atoms with Crippen LogP contribution >= 0.6 is 11.8 Å². The Morgan fingerprint density at radius 3 is 2.74 bits per heavy atom. The molecular weight excluding hydrogens is 366 g/mol. The van der Waals surface area contributed by atoms with E-state index in [9.17, 15) is 4.79 Å². The highest BCUT2D eigenvalue weighted by molar-refractivity contribution is 7.98. The fourth-order valence-corrected chi connectivity index (χ4v) is 2.87. The average Bonchev–Trinajstić information content (AvgIpc) is 3.35. The number of ether oxygens (including phenoxy) is 2. The summed E-state index contributed by atoms with van der Waals surface area (Å²) in [5, 5.41) is 10.4. The molecule has 1 aromatic heterocycles. The van der Waals surface area contributed by atoms with Crippen LogP contribution in [-0.2, 0) is 4.79 Å². The van der Waals surface area contributed by atoms with Gasteiger partial charge in [-0.25, -0.2) is 0 Å². The molecule has 2 heterocycles. The molecular formula is C19H15N3O4S. The molecule has 1 N–H and O–H groups in total. The Labute approximate surface area is 159 Å². The number of carbonyl (C=O) groups is 1. The van der Waals surface area contributed by atoms with Gasteiger partial charge in [-0.1, -0.05) is 11.2 Å². The summed E-state index contributed by atoms with van der Waals surface area (Å²) in [6.07, 6.45) is 5.05. The van der Waals surface area contributed by atoms with Crippen LogP contribution in [0, 0.1) is 0 Å². The Balaban J connectivity index is 1.40. The van der Waals surface area contributed by atoms with E-state index in [1.54, 1.807) is 30.0 Å². The highest BCUT2D eigenvalue weighted by Crippen LogP contribution is 2.32. The van der Waals surface area contributed by atoms with Crippen molar-refractivity contribution in [2.45, 2.75) is 4.90 Å². The van der Waals surface area contributed by atoms with E-state index in [1.165, 1.54) is 6.08 Å². The molecule has 1 aliphatic heterocycles. The maximum absolute atomic E-state index is 12.1. The number of amides is 1. The summed E-state index contributed by atoms with van der Waals surface area (Å²) in [6.45, 7) is 0.211. The first kappa shape index (κ1) is 17.2. The van der Waals surface area contributed by atoms with Crippen LogP contribution in [0.4, 0.5) is 6.01 Å². The summed E-state index contributed by atoms with van der Waals surface area (Å²) >= 11 is 1.65. The molecule has 0 atom stereocenters. The Kier molecular flexibility index (Phi) is 4.80. The summed E-state index contributed by atoms with van der Waals surface area (Å²) in [4.78, 5) is 13.2. The molecule has 136 valence electrons. The molecule has 4 rings (SSSR count). The number of benzene rings is 2. The number of carbonyl (C=O) groups excluding carboxylic acids is 1. The number of aromatic nitrogens is 2. The van der Waals surface area contributed by atoms with Crippen LogP contribution in [0.3, 0.4) is 0 Å². The van der Waals surface area contributed by atoms with Gasteiger partial charge < -0.3 is 13.9 Å². The zero-order chi connectivity index (χ0) is 18.6. The molecule has 0 spiro atoms. The number of hydrogen-bond donors (Lipinski definition) is 1. The molecule has 1 aliphatic rings. The highest BCUT2D eigenvalue weighted by Gasteiger charge is 2.13. The number of anilines is 1. The number of hydrogen-bond acceptors (Lipinski definition) is 7. The van der Waals surface area contributed by atoms with E-state index in [4.69, 9.17) is 13.9 Å². The summed E-state index contributed by atoms with van der Waals surface area (Å²) in [5.41, 5.74) is 1.60. The molecule has 0 unspecified atom stereocenters. The van der Waals surface area contributed by atoms with Gasteiger partial charge in [-0.05, 0) is 54.3 Å². The van der Waals surface area contributed by atoms with Gasteiger partial charge in [0, 0.05) is 16.5 Å². The van der Waals surface area contributed by atoms with E-state index in [0.29, 0.717) is 17.4 Å². The first-order valence-electron chi connectivity index (χ1n) is 8.08. The van der Waals surface area contributed by atoms with Crippen LogP contribution in [0.25, 0.3) is 17.5 Å². The lowest BCUT2D eigenvalue weighted by Crippen LogP contribution is -2.07. The third kappa shape index (κ3) is 3.95. The third-order valence-corrected chi connectivity index (χ3v) is 4.56. The maximum atomic E-state index is 12.1. The van der Waals surface area contributed by atoms with Crippen molar-refractivity contribution in [3.63, 3.8) is 0 Å². The summed E-state index contributed by atoms with van der Waals surface area (Å²) in [7, 11) is 0. The molecule has 0 radical (unpaired) electrons. The van der Waals surface area contributed by atoms with E-state index in [-0.39, 0.29) is 18.7 Å². The molecule has 27 heavy (non-hydrogen) atoms. The zero-order valence-electron chi connectivity index (χ0n) is 14.3. The lowest BCUT2D eigenvalue weighted by atomic mass is 10.2. The highest BCUT2D eigenvalue weighted by atomic mass is 32.2. The van der Waals surface area contributed by atoms with Gasteiger partial charge in [0.2, 0.25) is 12.7 Å². The molecule has 8 heteroatoms. The number of fused-ring (bicyclic) bond motifs is 1. The standard InChI is InChI=1S/C19H15N3O4S/c1-27-14-6-4-13(5-7-14)18-21-22-19(26-18)20-17(23)9-3-12-2-8-15-16(10-12)25-11-24-15/h2-10H,11H2,1H3,(H,20,22,23)/b9-3+. The molecule has 3 aromatic rings. The number of rotatable bonds is 5. The molecule has 1 amide bonds. The zero-order valence-corrected chi connectivity index (χ0v) is 15.2. The summed E-state index contributed by atoms with van der Waals surface area (Å²) in [6, 6.07) is 13.2. The van der Waals surface area contributed by atoms with Gasteiger partial charge in [0.25, 0.3) is 5.91 Å². The lowest BCUT2D eigenvalue weighted by molar-refractivity contribution is -0.112. The minimum absolute atomic E-state index is 0.0410. The topological polar surface area (TPSA) is 86.5 Å². The maximum Gasteiger partial charge on any atom is 0.322 e. The minimum Gasteiger partial charge on any atom is -0.454 e. The second kappa shape index (κ2) is 7.55. The Hall–Kier alpha value is -3.26. The van der Waals surface area contributed by atoms with Crippen molar-refractivity contribution in [1.29, 1.82) is 0 Å². The van der Waals surface area contributed by atoms with Gasteiger partial charge in [-0.3, -0.25) is 10.1 Å². The van der Waals surface area contributed by atoms with Crippen LogP contribution in [0.2, 0.25) is 0 Å². The van der Waals surface area contributed by atoms with E-state index in [2.05, 4.69) is 15.5 Å². The van der Waals surface area contributed by atoms with Crippen molar-refractivity contribution < 1.29 is 18.7 Å². The smallest absolute Gasteiger partial charge is 0.322 e. The molecule has 0 fully saturated rings. The predicted octanol–water partition coefficient (Wildman–Crippen LogP) is 3.84. The second-order valence-electron chi connectivity index (χ2n) is 5.58.